The van der Waals surface area contributed by atoms with Gasteiger partial charge in [-0.1, -0.05) is 19.9 Å². The topological polar surface area (TPSA) is 35.8 Å². The third kappa shape index (κ3) is 4.04. The summed E-state index contributed by atoms with van der Waals surface area (Å²) in [5, 5.41) is 11.9. The van der Waals surface area contributed by atoms with E-state index in [0.29, 0.717) is 18.0 Å². The zero-order chi connectivity index (χ0) is 13.8. The highest BCUT2D eigenvalue weighted by molar-refractivity contribution is 5.42. The smallest absolute Gasteiger partial charge is 0.312 e. The van der Waals surface area contributed by atoms with Crippen molar-refractivity contribution in [2.75, 3.05) is 6.54 Å². The van der Waals surface area contributed by atoms with Crippen molar-refractivity contribution in [3.05, 3.63) is 34.9 Å². The lowest BCUT2D eigenvalue weighted by Crippen LogP contribution is -2.19. The van der Waals surface area contributed by atoms with Gasteiger partial charge in [-0.15, -0.1) is 0 Å². The van der Waals surface area contributed by atoms with Crippen molar-refractivity contribution < 1.29 is 13.2 Å². The minimum atomic E-state index is -4.48. The van der Waals surface area contributed by atoms with Crippen molar-refractivity contribution >= 4 is 0 Å². The molecule has 0 aliphatic carbocycles. The van der Waals surface area contributed by atoms with Crippen LogP contribution in [0.5, 0.6) is 0 Å². The van der Waals surface area contributed by atoms with Gasteiger partial charge in [0.1, 0.15) is 0 Å². The van der Waals surface area contributed by atoms with Crippen LogP contribution in [0.1, 0.15) is 30.5 Å². The molecule has 0 aliphatic heterocycles. The molecule has 0 saturated carbocycles. The van der Waals surface area contributed by atoms with Crippen LogP contribution >= 0.6 is 0 Å². The number of nitriles is 1. The molecule has 0 saturated heterocycles. The summed E-state index contributed by atoms with van der Waals surface area (Å²) < 4.78 is 37.7. The van der Waals surface area contributed by atoms with Crippen molar-refractivity contribution in [2.45, 2.75) is 26.6 Å². The summed E-state index contributed by atoms with van der Waals surface area (Å²) in [6, 6.07) is 5.24. The molecule has 1 aromatic rings. The molecule has 0 radical (unpaired) electrons. The molecule has 1 aromatic carbocycles. The van der Waals surface area contributed by atoms with E-state index in [1.54, 1.807) is 6.07 Å². The largest absolute Gasteiger partial charge is 0.417 e. The van der Waals surface area contributed by atoms with Gasteiger partial charge >= 0.3 is 6.18 Å². The maximum Gasteiger partial charge on any atom is 0.417 e. The summed E-state index contributed by atoms with van der Waals surface area (Å²) >= 11 is 0. The number of nitrogens with zero attached hydrogens (tertiary/aromatic N) is 1. The predicted octanol–water partition coefficient (Wildman–Crippen LogP) is 3.32. The lowest BCUT2D eigenvalue weighted by molar-refractivity contribution is -0.137. The van der Waals surface area contributed by atoms with Crippen LogP contribution in [-0.2, 0) is 12.7 Å². The van der Waals surface area contributed by atoms with Gasteiger partial charge in [-0.05, 0) is 30.2 Å². The van der Waals surface area contributed by atoms with E-state index in [2.05, 4.69) is 5.32 Å². The quantitative estimate of drug-likeness (QED) is 0.897. The Morgan fingerprint density at radius 2 is 2.00 bits per heavy atom. The highest BCUT2D eigenvalue weighted by Gasteiger charge is 2.33. The first kappa shape index (κ1) is 14.5. The standard InChI is InChI=1S/C13H15F3N2/c1-9(2)7-18-8-10-3-4-12(13(14,15)16)11(5-10)6-17/h3-5,9,18H,7-8H2,1-2H3. The van der Waals surface area contributed by atoms with Gasteiger partial charge in [-0.3, -0.25) is 0 Å². The molecule has 0 unspecified atom stereocenters. The summed E-state index contributed by atoms with van der Waals surface area (Å²) in [6.07, 6.45) is -4.48. The number of benzene rings is 1. The van der Waals surface area contributed by atoms with Crippen molar-refractivity contribution in [1.29, 1.82) is 5.26 Å². The first-order valence-electron chi connectivity index (χ1n) is 5.65. The third-order valence-electron chi connectivity index (χ3n) is 2.39. The second-order valence-corrected chi connectivity index (χ2v) is 4.51. The van der Waals surface area contributed by atoms with E-state index in [0.717, 1.165) is 12.6 Å². The highest BCUT2D eigenvalue weighted by atomic mass is 19.4. The summed E-state index contributed by atoms with van der Waals surface area (Å²) in [5.74, 6) is 0.467. The second kappa shape index (κ2) is 5.87. The molecule has 0 heterocycles. The van der Waals surface area contributed by atoms with Gasteiger partial charge in [0.2, 0.25) is 0 Å². The number of hydrogen-bond donors (Lipinski definition) is 1. The Labute approximate surface area is 104 Å². The molecule has 0 aromatic heterocycles. The summed E-state index contributed by atoms with van der Waals surface area (Å²) in [4.78, 5) is 0. The van der Waals surface area contributed by atoms with Gasteiger partial charge in [-0.2, -0.15) is 18.4 Å². The van der Waals surface area contributed by atoms with Crippen LogP contribution in [0.25, 0.3) is 0 Å². The molecule has 0 spiro atoms. The third-order valence-corrected chi connectivity index (χ3v) is 2.39. The molecule has 5 heteroatoms. The maximum atomic E-state index is 12.6. The second-order valence-electron chi connectivity index (χ2n) is 4.51. The van der Waals surface area contributed by atoms with Crippen molar-refractivity contribution in [3.8, 4) is 6.07 Å². The number of hydrogen-bond acceptors (Lipinski definition) is 2. The van der Waals surface area contributed by atoms with E-state index < -0.39 is 11.7 Å². The Bertz CT molecular complexity index is 445. The van der Waals surface area contributed by atoms with Gasteiger partial charge in [0.25, 0.3) is 0 Å². The lowest BCUT2D eigenvalue weighted by atomic mass is 10.0. The van der Waals surface area contributed by atoms with Crippen molar-refractivity contribution in [2.24, 2.45) is 5.92 Å². The highest BCUT2D eigenvalue weighted by Crippen LogP contribution is 2.32. The van der Waals surface area contributed by atoms with Gasteiger partial charge in [0, 0.05) is 6.54 Å². The minimum Gasteiger partial charge on any atom is -0.312 e. The molecule has 0 bridgehead atoms. The Morgan fingerprint density at radius 1 is 1.33 bits per heavy atom. The minimum absolute atomic E-state index is 0.327. The lowest BCUT2D eigenvalue weighted by Gasteiger charge is -2.11. The van der Waals surface area contributed by atoms with Crippen molar-refractivity contribution in [1.82, 2.24) is 5.32 Å². The fourth-order valence-electron chi connectivity index (χ4n) is 1.55. The zero-order valence-corrected chi connectivity index (χ0v) is 10.3. The van der Waals surface area contributed by atoms with Gasteiger partial charge in [-0.25, -0.2) is 0 Å². The molecular formula is C13H15F3N2. The Balaban J connectivity index is 2.84. The number of nitrogens with one attached hydrogen (secondary N) is 1. The maximum absolute atomic E-state index is 12.6. The van der Waals surface area contributed by atoms with Crippen LogP contribution < -0.4 is 5.32 Å². The normalized spacial score (nSPS) is 11.6. The van der Waals surface area contributed by atoms with Crippen LogP contribution in [0.2, 0.25) is 0 Å². The van der Waals surface area contributed by atoms with E-state index in [-0.39, 0.29) is 5.56 Å². The summed E-state index contributed by atoms with van der Waals surface area (Å²) in [7, 11) is 0. The van der Waals surface area contributed by atoms with Crippen LogP contribution in [0, 0.1) is 17.2 Å². The molecule has 1 N–H and O–H groups in total. The zero-order valence-electron chi connectivity index (χ0n) is 10.3. The molecule has 0 atom stereocenters. The predicted molar refractivity (Wildman–Crippen MR) is 62.7 cm³/mol. The Kier molecular flexibility index (Phi) is 4.74. The van der Waals surface area contributed by atoms with Gasteiger partial charge in [0.05, 0.1) is 17.2 Å². The average Bonchev–Trinajstić information content (AvgIpc) is 2.26. The Morgan fingerprint density at radius 3 is 2.50 bits per heavy atom. The monoisotopic (exact) mass is 256 g/mol. The number of halogens is 3. The molecule has 0 amide bonds. The van der Waals surface area contributed by atoms with E-state index in [1.807, 2.05) is 13.8 Å². The number of alkyl halides is 3. The van der Waals surface area contributed by atoms with E-state index in [1.165, 1.54) is 12.1 Å². The Hall–Kier alpha value is -1.54. The van der Waals surface area contributed by atoms with Gasteiger partial charge in [0.15, 0.2) is 0 Å². The first-order valence-corrected chi connectivity index (χ1v) is 5.65. The van der Waals surface area contributed by atoms with Crippen LogP contribution in [0.15, 0.2) is 18.2 Å². The fourth-order valence-corrected chi connectivity index (χ4v) is 1.55. The number of rotatable bonds is 4. The fraction of sp³-hybridized carbons (Fsp3) is 0.462. The molecule has 2 nitrogen and oxygen atoms in total. The average molecular weight is 256 g/mol. The molecule has 98 valence electrons. The molecule has 1 rings (SSSR count). The molecule has 0 aliphatic rings. The van der Waals surface area contributed by atoms with E-state index >= 15 is 0 Å². The summed E-state index contributed by atoms with van der Waals surface area (Å²) in [6.45, 7) is 5.33. The van der Waals surface area contributed by atoms with Gasteiger partial charge < -0.3 is 5.32 Å². The van der Waals surface area contributed by atoms with Crippen LogP contribution in [0.3, 0.4) is 0 Å². The van der Waals surface area contributed by atoms with Crippen LogP contribution in [-0.4, -0.2) is 6.54 Å². The molecule has 18 heavy (non-hydrogen) atoms. The SMILES string of the molecule is CC(C)CNCc1ccc(C(F)(F)F)c(C#N)c1. The van der Waals surface area contributed by atoms with Crippen molar-refractivity contribution in [3.63, 3.8) is 0 Å². The molecular weight excluding hydrogens is 241 g/mol. The van der Waals surface area contributed by atoms with Crippen LogP contribution in [0.4, 0.5) is 13.2 Å². The van der Waals surface area contributed by atoms with E-state index in [9.17, 15) is 13.2 Å². The summed E-state index contributed by atoms with van der Waals surface area (Å²) in [5.41, 5.74) is -0.524. The first-order chi connectivity index (χ1) is 8.34. The van der Waals surface area contributed by atoms with E-state index in [4.69, 9.17) is 5.26 Å². The molecule has 0 fully saturated rings.